The summed E-state index contributed by atoms with van der Waals surface area (Å²) < 4.78 is 43.0. The van der Waals surface area contributed by atoms with Crippen molar-refractivity contribution in [3.8, 4) is 11.3 Å². The van der Waals surface area contributed by atoms with Gasteiger partial charge in [-0.3, -0.25) is 14.6 Å². The number of aromatic nitrogens is 2. The van der Waals surface area contributed by atoms with Gasteiger partial charge in [0.2, 0.25) is 11.8 Å². The lowest BCUT2D eigenvalue weighted by atomic mass is 9.94. The van der Waals surface area contributed by atoms with Gasteiger partial charge < -0.3 is 15.1 Å². The Morgan fingerprint density at radius 1 is 1.20 bits per heavy atom. The third-order valence-corrected chi connectivity index (χ3v) is 9.24. The van der Waals surface area contributed by atoms with Gasteiger partial charge in [-0.15, -0.1) is 11.6 Å². The summed E-state index contributed by atoms with van der Waals surface area (Å²) in [6.45, 7) is 3.20. The van der Waals surface area contributed by atoms with Gasteiger partial charge in [-0.05, 0) is 62.7 Å². The van der Waals surface area contributed by atoms with Crippen LogP contribution in [0.25, 0.3) is 11.3 Å². The smallest absolute Gasteiger partial charge is 0.269 e. The number of benzene rings is 1. The fraction of sp³-hybridized carbons (Fsp3) is 0.393. The second-order valence-corrected chi connectivity index (χ2v) is 12.0. The van der Waals surface area contributed by atoms with Crippen LogP contribution in [0.1, 0.15) is 37.1 Å². The van der Waals surface area contributed by atoms with E-state index in [1.54, 1.807) is 48.2 Å². The average Bonchev–Trinajstić information content (AvgIpc) is 3.40. The van der Waals surface area contributed by atoms with Gasteiger partial charge in [-0.1, -0.05) is 12.1 Å². The number of carbonyl (C=O) groups excluding carboxylic acids is 2. The molecule has 1 aliphatic rings. The zero-order valence-corrected chi connectivity index (χ0v) is 24.3. The van der Waals surface area contributed by atoms with Crippen molar-refractivity contribution in [2.24, 2.45) is 5.92 Å². The first-order valence-electron chi connectivity index (χ1n) is 13.0. The molecule has 0 bridgehead atoms. The van der Waals surface area contributed by atoms with Crippen LogP contribution in [0.5, 0.6) is 0 Å². The van der Waals surface area contributed by atoms with Crippen molar-refractivity contribution in [1.29, 1.82) is 0 Å². The number of amides is 2. The van der Waals surface area contributed by atoms with Crippen molar-refractivity contribution in [3.05, 3.63) is 71.9 Å². The van der Waals surface area contributed by atoms with Crippen LogP contribution in [0.3, 0.4) is 0 Å². The third kappa shape index (κ3) is 6.06. The van der Waals surface area contributed by atoms with Crippen molar-refractivity contribution in [1.82, 2.24) is 24.1 Å². The topological polar surface area (TPSA) is 105 Å². The molecule has 3 heterocycles. The molecule has 2 amide bonds. The molecule has 1 N–H and O–H groups in total. The second-order valence-electron chi connectivity index (χ2n) is 9.88. The van der Waals surface area contributed by atoms with Gasteiger partial charge >= 0.3 is 0 Å². The summed E-state index contributed by atoms with van der Waals surface area (Å²) in [5.74, 6) is -1.00. The number of carbonyl (C=O) groups is 2. The van der Waals surface area contributed by atoms with Crippen LogP contribution in [-0.4, -0.2) is 72.1 Å². The van der Waals surface area contributed by atoms with E-state index in [2.05, 4.69) is 10.3 Å². The lowest BCUT2D eigenvalue weighted by Crippen LogP contribution is -2.44. The number of nitrogens with one attached hydrogen (secondary N) is 1. The normalized spacial score (nSPS) is 15.2. The van der Waals surface area contributed by atoms with E-state index in [-0.39, 0.29) is 39.8 Å². The molecule has 2 aromatic heterocycles. The predicted molar refractivity (Wildman–Crippen MR) is 151 cm³/mol. The van der Waals surface area contributed by atoms with Crippen LogP contribution in [0, 0.1) is 11.7 Å². The molecule has 1 saturated heterocycles. The Labute approximate surface area is 239 Å². The minimum Gasteiger partial charge on any atom is -0.342 e. The first-order chi connectivity index (χ1) is 19.1. The molecular formula is C28H33ClFN5O4S. The summed E-state index contributed by atoms with van der Waals surface area (Å²) in [5, 5.41) is 2.99. The Morgan fingerprint density at radius 2 is 1.90 bits per heavy atom. The number of halogens is 2. The Morgan fingerprint density at radius 3 is 2.50 bits per heavy atom. The van der Waals surface area contributed by atoms with Crippen molar-refractivity contribution < 1.29 is 22.4 Å². The van der Waals surface area contributed by atoms with Crippen LogP contribution in [0.15, 0.2) is 59.8 Å². The number of alkyl halides is 1. The average molecular weight is 590 g/mol. The highest BCUT2D eigenvalue weighted by molar-refractivity contribution is 7.90. The van der Waals surface area contributed by atoms with Crippen LogP contribution in [0.2, 0.25) is 0 Å². The number of hydrogen-bond donors (Lipinski definition) is 1. The van der Waals surface area contributed by atoms with Gasteiger partial charge in [0, 0.05) is 50.6 Å². The standard InChI is InChI=1S/C28H33ClFN5O4S/c1-19(33(3)28(37)21-10-12-34(13-11-21)27(36)15-29)25-9-8-22(17-32-25)40(38,39)35-18-20(16-31-2)14-26(35)23-6-4-5-7-24(23)30/h4-9,14,17-19,21,31H,10-13,15-16H2,1-3H3. The molecule has 0 radical (unpaired) electrons. The maximum atomic E-state index is 14.6. The molecular weight excluding hydrogens is 557 g/mol. The lowest BCUT2D eigenvalue weighted by Gasteiger charge is -2.34. The Balaban J connectivity index is 1.53. The zero-order chi connectivity index (χ0) is 29.0. The summed E-state index contributed by atoms with van der Waals surface area (Å²) in [6, 6.07) is 10.3. The zero-order valence-electron chi connectivity index (χ0n) is 22.7. The number of pyridine rings is 1. The summed E-state index contributed by atoms with van der Waals surface area (Å²) in [5.41, 5.74) is 1.59. The van der Waals surface area contributed by atoms with Crippen molar-refractivity contribution >= 4 is 33.4 Å². The largest absolute Gasteiger partial charge is 0.342 e. The Kier molecular flexibility index (Phi) is 9.27. The molecule has 0 aliphatic carbocycles. The molecule has 1 aromatic carbocycles. The molecule has 1 aliphatic heterocycles. The molecule has 12 heteroatoms. The minimum absolute atomic E-state index is 0.0529. The number of rotatable bonds is 9. The van der Waals surface area contributed by atoms with E-state index < -0.39 is 21.9 Å². The van der Waals surface area contributed by atoms with E-state index in [1.807, 2.05) is 6.92 Å². The number of hydrogen-bond acceptors (Lipinski definition) is 6. The van der Waals surface area contributed by atoms with Crippen LogP contribution < -0.4 is 5.32 Å². The molecule has 214 valence electrons. The summed E-state index contributed by atoms with van der Waals surface area (Å²) in [6.07, 6.45) is 3.85. The molecule has 9 nitrogen and oxygen atoms in total. The highest BCUT2D eigenvalue weighted by Crippen LogP contribution is 2.30. The summed E-state index contributed by atoms with van der Waals surface area (Å²) >= 11 is 5.64. The molecule has 0 saturated carbocycles. The Bertz CT molecular complexity index is 1470. The van der Waals surface area contributed by atoms with Gasteiger partial charge in [0.25, 0.3) is 10.0 Å². The number of nitrogens with zero attached hydrogens (tertiary/aromatic N) is 4. The van der Waals surface area contributed by atoms with Gasteiger partial charge in [-0.25, -0.2) is 16.8 Å². The molecule has 0 spiro atoms. The highest BCUT2D eigenvalue weighted by Gasteiger charge is 2.31. The van der Waals surface area contributed by atoms with E-state index in [0.29, 0.717) is 43.7 Å². The van der Waals surface area contributed by atoms with Gasteiger partial charge in [0.15, 0.2) is 0 Å². The van der Waals surface area contributed by atoms with Gasteiger partial charge in [0.1, 0.15) is 16.6 Å². The first-order valence-corrected chi connectivity index (χ1v) is 15.0. The molecule has 1 unspecified atom stereocenters. The number of likely N-dealkylation sites (tertiary alicyclic amines) is 1. The lowest BCUT2D eigenvalue weighted by molar-refractivity contribution is -0.140. The van der Waals surface area contributed by atoms with Gasteiger partial charge in [0.05, 0.1) is 17.4 Å². The summed E-state index contributed by atoms with van der Waals surface area (Å²) in [4.78, 5) is 32.6. The predicted octanol–water partition coefficient (Wildman–Crippen LogP) is 3.64. The van der Waals surface area contributed by atoms with Gasteiger partial charge in [-0.2, -0.15) is 0 Å². The summed E-state index contributed by atoms with van der Waals surface area (Å²) in [7, 11) is -0.670. The fourth-order valence-electron chi connectivity index (χ4n) is 4.90. The van der Waals surface area contributed by atoms with E-state index in [9.17, 15) is 22.4 Å². The number of piperidine rings is 1. The quantitative estimate of drug-likeness (QED) is 0.382. The van der Waals surface area contributed by atoms with Crippen molar-refractivity contribution in [3.63, 3.8) is 0 Å². The SMILES string of the molecule is CNCc1cc(-c2ccccc2F)n(S(=O)(=O)c2ccc(C(C)N(C)C(=O)C3CCN(C(=O)CCl)CC3)nc2)c1. The van der Waals surface area contributed by atoms with Crippen molar-refractivity contribution in [2.45, 2.75) is 37.2 Å². The minimum atomic E-state index is -4.11. The monoisotopic (exact) mass is 589 g/mol. The first kappa shape index (κ1) is 29.7. The van der Waals surface area contributed by atoms with Crippen LogP contribution in [0.4, 0.5) is 4.39 Å². The fourth-order valence-corrected chi connectivity index (χ4v) is 6.41. The molecule has 40 heavy (non-hydrogen) atoms. The van der Waals surface area contributed by atoms with E-state index in [4.69, 9.17) is 11.6 Å². The van der Waals surface area contributed by atoms with Crippen LogP contribution >= 0.6 is 11.6 Å². The van der Waals surface area contributed by atoms with E-state index in [0.717, 1.165) is 3.97 Å². The molecule has 4 rings (SSSR count). The van der Waals surface area contributed by atoms with Crippen LogP contribution in [-0.2, 0) is 26.2 Å². The maximum Gasteiger partial charge on any atom is 0.269 e. The Hall–Kier alpha value is -3.28. The third-order valence-electron chi connectivity index (χ3n) is 7.36. The molecule has 1 atom stereocenters. The second kappa shape index (κ2) is 12.5. The highest BCUT2D eigenvalue weighted by atomic mass is 35.5. The molecule has 3 aromatic rings. The van der Waals surface area contributed by atoms with Crippen molar-refractivity contribution in [2.75, 3.05) is 33.1 Å². The van der Waals surface area contributed by atoms with E-state index in [1.165, 1.54) is 30.6 Å². The maximum absolute atomic E-state index is 14.6. The molecule has 1 fully saturated rings. The van der Waals surface area contributed by atoms with E-state index >= 15 is 0 Å².